The number of unbranched alkanes of at least 4 members (excludes halogenated alkanes) is 1. The van der Waals surface area contributed by atoms with E-state index in [1.54, 1.807) is 44.2 Å². The molecule has 627 valence electrons. The van der Waals surface area contributed by atoms with Crippen molar-refractivity contribution in [2.24, 2.45) is 33.8 Å². The number of aliphatic carboxylic acids is 1. The van der Waals surface area contributed by atoms with Crippen molar-refractivity contribution in [1.82, 2.24) is 52.3 Å². The van der Waals surface area contributed by atoms with Crippen LogP contribution >= 0.6 is 23.4 Å². The van der Waals surface area contributed by atoms with E-state index in [1.807, 2.05) is 6.92 Å². The minimum atomic E-state index is -1.96. The van der Waals surface area contributed by atoms with Crippen LogP contribution in [0.4, 0.5) is 15.3 Å². The van der Waals surface area contributed by atoms with E-state index < -0.39 is 181 Å². The number of imide groups is 1. The summed E-state index contributed by atoms with van der Waals surface area (Å²) in [4.78, 5) is 194. The van der Waals surface area contributed by atoms with Gasteiger partial charge in [0.15, 0.2) is 11.7 Å². The molecule has 3 saturated heterocycles. The predicted molar refractivity (Wildman–Crippen MR) is 410 cm³/mol. The van der Waals surface area contributed by atoms with Gasteiger partial charge in [-0.2, -0.15) is 11.8 Å². The van der Waals surface area contributed by atoms with Crippen molar-refractivity contribution in [2.45, 2.75) is 183 Å². The van der Waals surface area contributed by atoms with E-state index in [-0.39, 0.29) is 142 Å². The second kappa shape index (κ2) is 44.7. The topological polar surface area (TPSA) is 572 Å². The van der Waals surface area contributed by atoms with E-state index in [0.717, 1.165) is 28.7 Å². The maximum absolute atomic E-state index is 14.6. The molecule has 4 bridgehead atoms. The number of likely N-dealkylation sites (tertiary alicyclic amines) is 1. The molecule has 38 nitrogen and oxygen atoms in total. The van der Waals surface area contributed by atoms with E-state index in [9.17, 15) is 82.4 Å². The van der Waals surface area contributed by atoms with Crippen molar-refractivity contribution in [3.63, 3.8) is 0 Å². The number of carboxylic acid groups (broad SMARTS) is 1. The summed E-state index contributed by atoms with van der Waals surface area (Å²) in [5, 5.41) is 52.3. The SMILES string of the molecule is COc1cc2cc(c1Cl)N(C)C(=O)C[C@H](OC(=O)[C@H](C)N(C)C(=O)CCSCC(=O)N[C@@H](CCCNC(N)=O)C(=O)N[C@@H](CCCCNC(=O)[C@H](CNC(=O)[C@@H](N)CCCN=C(N)N)NC(=O)CN1C(=O)[CH-]CC1=O)C(=O)N[C@@H](Cc1ccc(O)cc1)C(=O)O)[C@]1(C)O[C@H]1[C@H](C)[C@@H]1C[C@@](O)(NC(=O)O1)[C@H](OC)/C=C/C=C(\C)C2.[V]. The van der Waals surface area contributed by atoms with Crippen LogP contribution < -0.4 is 75.1 Å². The van der Waals surface area contributed by atoms with Gasteiger partial charge in [0.2, 0.25) is 53.2 Å². The van der Waals surface area contributed by atoms with Crippen LogP contribution in [0.25, 0.3) is 0 Å². The second-order valence-corrected chi connectivity index (χ2v) is 29.5. The number of epoxide rings is 1. The smallest absolute Gasteiger partial charge is 0.409 e. The maximum atomic E-state index is 14.6. The van der Waals surface area contributed by atoms with Crippen LogP contribution in [-0.4, -0.2) is 259 Å². The molecule has 0 aliphatic carbocycles. The number of nitrogens with zero attached hydrogens (tertiary/aromatic N) is 4. The van der Waals surface area contributed by atoms with E-state index in [1.165, 1.54) is 64.4 Å². The fourth-order valence-corrected chi connectivity index (χ4v) is 13.7. The van der Waals surface area contributed by atoms with Crippen LogP contribution in [0.1, 0.15) is 109 Å². The molecule has 19 N–H and O–H groups in total. The molecule has 13 atom stereocenters. The van der Waals surface area contributed by atoms with Gasteiger partial charge < -0.3 is 119 Å². The summed E-state index contributed by atoms with van der Waals surface area (Å²) in [6.45, 7) is 5.29. The van der Waals surface area contributed by atoms with Crippen LogP contribution in [0.15, 0.2) is 65.2 Å². The number of carboxylic acids is 1. The number of rotatable bonds is 38. The Morgan fingerprint density at radius 3 is 2.16 bits per heavy atom. The molecule has 4 aliphatic rings. The van der Waals surface area contributed by atoms with Crippen molar-refractivity contribution in [3.05, 3.63) is 82.8 Å². The number of ether oxygens (including phenoxy) is 5. The van der Waals surface area contributed by atoms with E-state index >= 15 is 0 Å². The predicted octanol–water partition coefficient (Wildman–Crippen LogP) is -1.20. The van der Waals surface area contributed by atoms with Crippen LogP contribution in [0, 0.1) is 12.3 Å². The Bertz CT molecular complexity index is 3880. The average Bonchev–Trinajstić information content (AvgIpc) is 1.57. The molecule has 114 heavy (non-hydrogen) atoms. The number of aromatic hydroxyl groups is 1. The van der Waals surface area contributed by atoms with Gasteiger partial charge in [-0.1, -0.05) is 60.9 Å². The molecule has 0 unspecified atom stereocenters. The van der Waals surface area contributed by atoms with E-state index in [4.69, 9.17) is 58.2 Å². The monoisotopic (exact) mass is 1670 g/mol. The molecule has 4 aliphatic heterocycles. The summed E-state index contributed by atoms with van der Waals surface area (Å²) in [6.07, 6.45) is 0.0927. The number of esters is 1. The fourth-order valence-electron chi connectivity index (χ4n) is 12.7. The molecule has 2 aromatic carbocycles. The molecule has 0 aromatic heterocycles. The van der Waals surface area contributed by atoms with Crippen molar-refractivity contribution in [2.75, 3.05) is 77.4 Å². The number of halogens is 1. The number of urea groups is 1. The number of nitrogens with two attached hydrogens (primary N) is 4. The number of thioether (sulfide) groups is 1. The number of hydrogen-bond acceptors (Lipinski definition) is 24. The van der Waals surface area contributed by atoms with Crippen LogP contribution in [0.3, 0.4) is 0 Å². The Morgan fingerprint density at radius 2 is 1.52 bits per heavy atom. The number of phenols is 1. The number of benzene rings is 2. The normalized spacial score (nSPS) is 22.3. The molecule has 13 amide bonds. The Hall–Kier alpha value is -9.90. The zero-order chi connectivity index (χ0) is 83.6. The minimum Gasteiger partial charge on any atom is -0.508 e. The number of primary amides is 1. The number of nitrogens with one attached hydrogen (secondary N) is 8. The Kier molecular flexibility index (Phi) is 37.1. The Balaban J connectivity index is 0.0000232. The van der Waals surface area contributed by atoms with Crippen molar-refractivity contribution >= 4 is 118 Å². The number of phenolic OH excluding ortho intramolecular Hbond substituents is 1. The van der Waals surface area contributed by atoms with Gasteiger partial charge in [-0.05, 0) is 108 Å². The summed E-state index contributed by atoms with van der Waals surface area (Å²) in [6, 6.07) is -0.359. The summed E-state index contributed by atoms with van der Waals surface area (Å²) in [5.41, 5.74) is 20.9. The molecule has 6 rings (SSSR count). The number of guanidine groups is 1. The molecule has 1 radical (unpaired) electrons. The number of anilines is 1. The standard InChI is InChI=1S/C73H104ClN16O22S.V/c1-39-14-11-18-53(109-8)73(107)35-52(110-71(106)87-73)40(2)62-72(4,112-62)54(34-60(97)89(6)50-32-43(30-39)33-51(108-7)61(50)74)111-68(104)41(3)88(5)57(94)25-29-113-38-56(93)83-46(17-13-28-81-70(78)105)65(100)85-47(66(101)86-48(67(102)103)31-42-19-21-44(91)22-20-42)16-9-10-26-79-64(99)49(84-55(92)37-90-58(95)23-24-59(90)96)36-82-63(98)45(75)15-12-27-80-69(76)77;/h11,14,18-23,32-33,40-41,45-49,52-54,62,91,107H,9-10,12-13,15-17,24-31,34-38,75H2,1-8H3,(H,79,99)(H,82,98)(H,83,93)(H,84,92)(H,85,100)(H,86,101)(H,87,106)(H,102,103)(H4,76,77,80)(H3,78,81,105);/q-1;/b18-11+,39-14+;/t40-,41+,45+,46+,47+,48+,49+,52+,53-,54+,62+,72+,73+;/m1./s1. The number of carbonyl (C=O) groups excluding carboxylic acids is 13. The zero-order valence-corrected chi connectivity index (χ0v) is 67.7. The van der Waals surface area contributed by atoms with Crippen LogP contribution in [-0.2, 0) is 108 Å². The fraction of sp³-hybridized carbons (Fsp3) is 0.562. The largest absolute Gasteiger partial charge is 0.508 e. The third-order valence-electron chi connectivity index (χ3n) is 19.4. The number of hydrogen-bond donors (Lipinski definition) is 15. The number of amides is 13. The Labute approximate surface area is 680 Å². The summed E-state index contributed by atoms with van der Waals surface area (Å²) in [7, 11) is 5.65. The van der Waals surface area contributed by atoms with Crippen molar-refractivity contribution < 1.29 is 125 Å². The zero-order valence-electron chi connectivity index (χ0n) is 64.7. The number of allylic oxidation sites excluding steroid dienone is 3. The molecule has 41 heteroatoms. The number of aliphatic hydroxyl groups is 1. The number of fused-ring (bicyclic) bond motifs is 5. The molecule has 0 spiro atoms. The first-order valence-electron chi connectivity index (χ1n) is 36.6. The maximum Gasteiger partial charge on any atom is 0.409 e. The number of alkyl carbamates (subject to hydrolysis) is 1. The molecular weight excluding hydrogens is 1570 g/mol. The summed E-state index contributed by atoms with van der Waals surface area (Å²) < 4.78 is 29.5. The van der Waals surface area contributed by atoms with Gasteiger partial charge >= 0.3 is 24.1 Å². The van der Waals surface area contributed by atoms with E-state index in [2.05, 4.69) is 47.5 Å². The first-order chi connectivity index (χ1) is 53.4. The van der Waals surface area contributed by atoms with Crippen molar-refractivity contribution in [1.29, 1.82) is 0 Å². The number of aliphatic imine (C=N–C) groups is 1. The molecular formula is C73H104ClN16O22SV-. The van der Waals surface area contributed by atoms with Gasteiger partial charge in [0.05, 0.1) is 43.0 Å². The first kappa shape index (κ1) is 94.7. The van der Waals surface area contributed by atoms with Gasteiger partial charge in [0, 0.05) is 96.9 Å². The third-order valence-corrected chi connectivity index (χ3v) is 20.8. The molecule has 3 fully saturated rings. The Morgan fingerprint density at radius 1 is 0.860 bits per heavy atom. The van der Waals surface area contributed by atoms with Gasteiger partial charge in [-0.15, -0.1) is 0 Å². The first-order valence-corrected chi connectivity index (χ1v) is 38.1. The van der Waals surface area contributed by atoms with Crippen LogP contribution in [0.5, 0.6) is 11.5 Å². The van der Waals surface area contributed by atoms with Gasteiger partial charge in [0.1, 0.15) is 77.2 Å². The van der Waals surface area contributed by atoms with Gasteiger partial charge in [0.25, 0.3) is 0 Å². The van der Waals surface area contributed by atoms with Crippen molar-refractivity contribution in [3.8, 4) is 11.5 Å². The quantitative estimate of drug-likeness (QED) is 0.00714. The van der Waals surface area contributed by atoms with E-state index in [0.29, 0.717) is 28.9 Å². The number of methoxy groups -OCH3 is 2. The van der Waals surface area contributed by atoms with Gasteiger partial charge in [-0.25, -0.2) is 19.2 Å². The molecule has 2 aromatic rings. The van der Waals surface area contributed by atoms with Crippen LogP contribution in [0.2, 0.25) is 5.02 Å². The minimum absolute atomic E-state index is 0. The number of likely N-dealkylation sites (N-methyl/N-ethyl adjacent to an activating group) is 1. The second-order valence-electron chi connectivity index (χ2n) is 28.0. The molecule has 0 saturated carbocycles. The summed E-state index contributed by atoms with van der Waals surface area (Å²) >= 11 is 7.83. The number of carbonyl (C=O) groups is 14. The third kappa shape index (κ3) is 28.3. The summed E-state index contributed by atoms with van der Waals surface area (Å²) in [5.74, 6) is -11.1. The van der Waals surface area contributed by atoms with Gasteiger partial charge in [-0.3, -0.25) is 59.9 Å². The molecule has 4 heterocycles. The average molecular weight is 1680 g/mol.